The fourth-order valence-corrected chi connectivity index (χ4v) is 8.53. The van der Waals surface area contributed by atoms with Gasteiger partial charge in [0.2, 0.25) is 10.0 Å². The number of hydrogen-bond acceptors (Lipinski definition) is 5. The Morgan fingerprint density at radius 3 is 2.28 bits per heavy atom. The molecule has 0 aromatic heterocycles. The number of ether oxygens (including phenoxy) is 2. The molecule has 5 aliphatic rings. The third-order valence-electron chi connectivity index (χ3n) is 8.38. The Morgan fingerprint density at radius 1 is 1.12 bits per heavy atom. The van der Waals surface area contributed by atoms with Crippen LogP contribution in [0.2, 0.25) is 0 Å². The summed E-state index contributed by atoms with van der Waals surface area (Å²) in [6.45, 7) is 3.53. The van der Waals surface area contributed by atoms with Gasteiger partial charge in [-0.3, -0.25) is 4.79 Å². The third kappa shape index (κ3) is 3.84. The van der Waals surface area contributed by atoms with Crippen LogP contribution in [0.1, 0.15) is 55.8 Å². The minimum Gasteiger partial charge on any atom is -0.496 e. The van der Waals surface area contributed by atoms with Crippen molar-refractivity contribution in [2.45, 2.75) is 56.4 Å². The van der Waals surface area contributed by atoms with Gasteiger partial charge in [-0.05, 0) is 86.8 Å². The van der Waals surface area contributed by atoms with Crippen LogP contribution < -0.4 is 10.1 Å². The zero-order valence-electron chi connectivity index (χ0n) is 19.0. The molecule has 1 aliphatic heterocycles. The topological polar surface area (TPSA) is 84.9 Å². The first kappa shape index (κ1) is 22.2. The van der Waals surface area contributed by atoms with Crippen molar-refractivity contribution in [1.29, 1.82) is 0 Å². The van der Waals surface area contributed by atoms with Gasteiger partial charge in [0.25, 0.3) is 5.91 Å². The zero-order chi connectivity index (χ0) is 22.5. The van der Waals surface area contributed by atoms with E-state index in [0.29, 0.717) is 32.1 Å². The van der Waals surface area contributed by atoms with E-state index in [4.69, 9.17) is 9.47 Å². The van der Waals surface area contributed by atoms with Crippen molar-refractivity contribution in [3.05, 3.63) is 23.8 Å². The molecule has 5 fully saturated rings. The van der Waals surface area contributed by atoms with E-state index >= 15 is 0 Å². The number of nitrogens with one attached hydrogen (secondary N) is 1. The number of morpholine rings is 1. The number of hydrogen-bond donors (Lipinski definition) is 1. The Bertz CT molecular complexity index is 951. The second kappa shape index (κ2) is 8.29. The van der Waals surface area contributed by atoms with E-state index in [1.165, 1.54) is 62.1 Å². The maximum absolute atomic E-state index is 13.4. The Kier molecular flexibility index (Phi) is 5.75. The molecule has 176 valence electrons. The molecule has 8 heteroatoms. The van der Waals surface area contributed by atoms with Gasteiger partial charge >= 0.3 is 0 Å². The van der Waals surface area contributed by atoms with Crippen molar-refractivity contribution < 1.29 is 22.7 Å². The molecule has 4 bridgehead atoms. The van der Waals surface area contributed by atoms with Gasteiger partial charge in [0.1, 0.15) is 5.75 Å². The number of benzene rings is 1. The molecule has 0 spiro atoms. The molecule has 4 saturated carbocycles. The molecule has 1 heterocycles. The summed E-state index contributed by atoms with van der Waals surface area (Å²) < 4.78 is 38.3. The van der Waals surface area contributed by atoms with Crippen LogP contribution in [-0.2, 0) is 14.8 Å². The van der Waals surface area contributed by atoms with Crippen LogP contribution in [0, 0.1) is 23.2 Å². The molecule has 7 nitrogen and oxygen atoms in total. The minimum atomic E-state index is -3.69. The van der Waals surface area contributed by atoms with Crippen LogP contribution in [0.15, 0.2) is 23.1 Å². The molecule has 4 aliphatic carbocycles. The number of carbonyl (C=O) groups is 1. The summed E-state index contributed by atoms with van der Waals surface area (Å²) >= 11 is 0. The lowest BCUT2D eigenvalue weighted by Crippen LogP contribution is -2.55. The Morgan fingerprint density at radius 2 is 1.72 bits per heavy atom. The summed E-state index contributed by atoms with van der Waals surface area (Å²) in [6, 6.07) is 4.61. The van der Waals surface area contributed by atoms with Gasteiger partial charge in [-0.25, -0.2) is 8.42 Å². The number of nitrogens with zero attached hydrogens (tertiary/aromatic N) is 1. The molecule has 1 atom stereocenters. The first-order valence-electron chi connectivity index (χ1n) is 11.9. The second-order valence-corrected chi connectivity index (χ2v) is 12.3. The first-order chi connectivity index (χ1) is 15.3. The summed E-state index contributed by atoms with van der Waals surface area (Å²) in [4.78, 5) is 13.5. The first-order valence-corrected chi connectivity index (χ1v) is 13.3. The highest BCUT2D eigenvalue weighted by Gasteiger charge is 2.53. The summed E-state index contributed by atoms with van der Waals surface area (Å²) in [5, 5.41) is 3.24. The number of sulfonamides is 1. The van der Waals surface area contributed by atoms with Crippen LogP contribution >= 0.6 is 0 Å². The van der Waals surface area contributed by atoms with Crippen molar-refractivity contribution in [3.63, 3.8) is 0 Å². The number of carbonyl (C=O) groups excluding carboxylic acids is 1. The summed E-state index contributed by atoms with van der Waals surface area (Å²) in [6.07, 6.45) is 7.66. The SMILES string of the molecule is COc1ccc(S(=O)(=O)N2CCOCC2)cc1C(=O)N[C@H](C)C12CC3CC(CC(C3)C1)C2. The van der Waals surface area contributed by atoms with Crippen molar-refractivity contribution in [2.75, 3.05) is 33.4 Å². The normalized spacial score (nSPS) is 33.1. The molecular weight excluding hydrogens is 428 g/mol. The van der Waals surface area contributed by atoms with E-state index in [0.717, 1.165) is 17.8 Å². The molecular formula is C24H34N2O5S. The standard InChI is InChI=1S/C24H34N2O5S/c1-16(24-13-17-9-18(14-24)11-19(10-17)15-24)25-23(27)21-12-20(3-4-22(21)30-2)32(28,29)26-5-7-31-8-6-26/h3-4,12,16-19H,5-11,13-15H2,1-2H3,(H,25,27)/t16-,17?,18?,19?,24?/m1/s1. The summed E-state index contributed by atoms with van der Waals surface area (Å²) in [5.74, 6) is 2.54. The molecule has 1 saturated heterocycles. The molecule has 1 N–H and O–H groups in total. The van der Waals surface area contributed by atoms with Crippen molar-refractivity contribution in [2.24, 2.45) is 23.2 Å². The Labute approximate surface area is 190 Å². The molecule has 0 radical (unpaired) electrons. The number of methoxy groups -OCH3 is 1. The van der Waals surface area contributed by atoms with Crippen molar-refractivity contribution in [1.82, 2.24) is 9.62 Å². The predicted molar refractivity (Wildman–Crippen MR) is 120 cm³/mol. The maximum Gasteiger partial charge on any atom is 0.255 e. The van der Waals surface area contributed by atoms with Crippen LogP contribution in [0.3, 0.4) is 0 Å². The fraction of sp³-hybridized carbons (Fsp3) is 0.708. The van der Waals surface area contributed by atoms with Gasteiger partial charge in [-0.2, -0.15) is 4.31 Å². The molecule has 1 aromatic carbocycles. The lowest BCUT2D eigenvalue weighted by Gasteiger charge is -2.59. The fourth-order valence-electron chi connectivity index (χ4n) is 7.10. The van der Waals surface area contributed by atoms with Gasteiger partial charge in [0, 0.05) is 19.1 Å². The highest BCUT2D eigenvalue weighted by atomic mass is 32.2. The lowest BCUT2D eigenvalue weighted by atomic mass is 9.48. The largest absolute Gasteiger partial charge is 0.496 e. The average Bonchev–Trinajstić information content (AvgIpc) is 2.78. The van der Waals surface area contributed by atoms with Gasteiger partial charge < -0.3 is 14.8 Å². The average molecular weight is 463 g/mol. The van der Waals surface area contributed by atoms with Gasteiger partial charge in [-0.1, -0.05) is 0 Å². The monoisotopic (exact) mass is 462 g/mol. The van der Waals surface area contributed by atoms with Gasteiger partial charge in [0.15, 0.2) is 0 Å². The molecule has 6 rings (SSSR count). The van der Waals surface area contributed by atoms with E-state index < -0.39 is 10.0 Å². The van der Waals surface area contributed by atoms with E-state index in [1.54, 1.807) is 6.07 Å². The van der Waals surface area contributed by atoms with Crippen LogP contribution in [0.4, 0.5) is 0 Å². The van der Waals surface area contributed by atoms with E-state index in [9.17, 15) is 13.2 Å². The van der Waals surface area contributed by atoms with E-state index in [2.05, 4.69) is 12.2 Å². The van der Waals surface area contributed by atoms with Crippen molar-refractivity contribution >= 4 is 15.9 Å². The lowest BCUT2D eigenvalue weighted by molar-refractivity contribution is -0.0688. The second-order valence-electron chi connectivity index (χ2n) is 10.4. The summed E-state index contributed by atoms with van der Waals surface area (Å²) in [5.41, 5.74) is 0.452. The minimum absolute atomic E-state index is 0.0487. The van der Waals surface area contributed by atoms with Crippen LogP contribution in [0.5, 0.6) is 5.75 Å². The number of amides is 1. The van der Waals surface area contributed by atoms with Crippen LogP contribution in [0.25, 0.3) is 0 Å². The Hall–Kier alpha value is -1.64. The molecule has 32 heavy (non-hydrogen) atoms. The van der Waals surface area contributed by atoms with Gasteiger partial charge in [0.05, 0.1) is 30.8 Å². The van der Waals surface area contributed by atoms with Gasteiger partial charge in [-0.15, -0.1) is 0 Å². The van der Waals surface area contributed by atoms with Crippen LogP contribution in [-0.4, -0.2) is 58.1 Å². The molecule has 1 amide bonds. The van der Waals surface area contributed by atoms with Crippen molar-refractivity contribution in [3.8, 4) is 5.75 Å². The maximum atomic E-state index is 13.4. The quantitative estimate of drug-likeness (QED) is 0.702. The highest BCUT2D eigenvalue weighted by Crippen LogP contribution is 2.61. The van der Waals surface area contributed by atoms with E-state index in [1.807, 2.05) is 0 Å². The highest BCUT2D eigenvalue weighted by molar-refractivity contribution is 7.89. The smallest absolute Gasteiger partial charge is 0.255 e. The molecule has 0 unspecified atom stereocenters. The zero-order valence-corrected chi connectivity index (χ0v) is 19.8. The molecule has 1 aromatic rings. The third-order valence-corrected chi connectivity index (χ3v) is 10.3. The Balaban J connectivity index is 1.38. The summed E-state index contributed by atoms with van der Waals surface area (Å²) in [7, 11) is -2.19. The predicted octanol–water partition coefficient (Wildman–Crippen LogP) is 3.05. The van der Waals surface area contributed by atoms with E-state index in [-0.39, 0.29) is 27.8 Å². The number of rotatable bonds is 6.